The molecule has 0 bridgehead atoms. The fraction of sp³-hybridized carbons (Fsp3) is 0.529. The van der Waals surface area contributed by atoms with Crippen molar-refractivity contribution < 1.29 is 23.1 Å². The van der Waals surface area contributed by atoms with Gasteiger partial charge in [-0.05, 0) is 38.1 Å². The van der Waals surface area contributed by atoms with Gasteiger partial charge in [0.25, 0.3) is 0 Å². The quantitative estimate of drug-likeness (QED) is 0.867. The summed E-state index contributed by atoms with van der Waals surface area (Å²) in [5.41, 5.74) is -1.35. The van der Waals surface area contributed by atoms with E-state index in [1.165, 1.54) is 30.0 Å². The van der Waals surface area contributed by atoms with Crippen molar-refractivity contribution >= 4 is 17.7 Å². The SMILES string of the molecule is CC(=O)NCC1CN(c2ccc(C3(F)CCNCC3)c(F)c2)C(=O)O1. The van der Waals surface area contributed by atoms with Crippen LogP contribution in [0.5, 0.6) is 0 Å². The van der Waals surface area contributed by atoms with Gasteiger partial charge in [0, 0.05) is 12.5 Å². The zero-order valence-electron chi connectivity index (χ0n) is 14.0. The van der Waals surface area contributed by atoms with Gasteiger partial charge in [0.05, 0.1) is 18.8 Å². The summed E-state index contributed by atoms with van der Waals surface area (Å²) in [6, 6.07) is 4.11. The Morgan fingerprint density at radius 2 is 2.16 bits per heavy atom. The van der Waals surface area contributed by atoms with Crippen LogP contribution in [0.3, 0.4) is 0 Å². The molecule has 1 atom stereocenters. The van der Waals surface area contributed by atoms with E-state index in [2.05, 4.69) is 10.6 Å². The summed E-state index contributed by atoms with van der Waals surface area (Å²) in [5.74, 6) is -0.889. The zero-order chi connectivity index (χ0) is 18.0. The average Bonchev–Trinajstić information content (AvgIpc) is 2.94. The minimum atomic E-state index is -1.69. The number of hydrogen-bond donors (Lipinski definition) is 2. The van der Waals surface area contributed by atoms with Crippen LogP contribution in [0.1, 0.15) is 25.3 Å². The summed E-state index contributed by atoms with van der Waals surface area (Å²) in [7, 11) is 0. The smallest absolute Gasteiger partial charge is 0.414 e. The first-order valence-electron chi connectivity index (χ1n) is 8.31. The largest absolute Gasteiger partial charge is 0.442 e. The summed E-state index contributed by atoms with van der Waals surface area (Å²) in [6.07, 6.45) is -0.683. The minimum Gasteiger partial charge on any atom is -0.442 e. The van der Waals surface area contributed by atoms with Gasteiger partial charge in [-0.15, -0.1) is 0 Å². The van der Waals surface area contributed by atoms with E-state index in [-0.39, 0.29) is 37.4 Å². The van der Waals surface area contributed by atoms with E-state index >= 15 is 0 Å². The van der Waals surface area contributed by atoms with E-state index in [9.17, 15) is 18.4 Å². The van der Waals surface area contributed by atoms with E-state index in [1.807, 2.05) is 0 Å². The van der Waals surface area contributed by atoms with Crippen molar-refractivity contribution in [3.05, 3.63) is 29.6 Å². The first-order valence-corrected chi connectivity index (χ1v) is 8.31. The van der Waals surface area contributed by atoms with E-state index in [1.54, 1.807) is 0 Å². The molecular weight excluding hydrogens is 332 g/mol. The molecule has 0 saturated carbocycles. The molecule has 8 heteroatoms. The lowest BCUT2D eigenvalue weighted by atomic mass is 9.86. The number of amides is 2. The van der Waals surface area contributed by atoms with Gasteiger partial charge in [0.1, 0.15) is 17.6 Å². The molecule has 0 spiro atoms. The van der Waals surface area contributed by atoms with Crippen molar-refractivity contribution in [1.29, 1.82) is 0 Å². The van der Waals surface area contributed by atoms with Crippen molar-refractivity contribution in [2.24, 2.45) is 0 Å². The number of halogens is 2. The van der Waals surface area contributed by atoms with Gasteiger partial charge in [-0.1, -0.05) is 6.07 Å². The molecule has 2 fully saturated rings. The number of alkyl halides is 1. The van der Waals surface area contributed by atoms with Crippen LogP contribution in [-0.4, -0.2) is 44.3 Å². The Hall–Kier alpha value is -2.22. The molecular formula is C17H21F2N3O3. The average molecular weight is 353 g/mol. The highest BCUT2D eigenvalue weighted by molar-refractivity contribution is 5.89. The van der Waals surface area contributed by atoms with Gasteiger partial charge in [-0.3, -0.25) is 9.69 Å². The fourth-order valence-electron chi connectivity index (χ4n) is 3.22. The molecule has 6 nitrogen and oxygen atoms in total. The van der Waals surface area contributed by atoms with Crippen LogP contribution in [0.15, 0.2) is 18.2 Å². The van der Waals surface area contributed by atoms with Crippen LogP contribution >= 0.6 is 0 Å². The number of ether oxygens (including phenoxy) is 1. The highest BCUT2D eigenvalue weighted by atomic mass is 19.1. The predicted octanol–water partition coefficient (Wildman–Crippen LogP) is 1.84. The van der Waals surface area contributed by atoms with Crippen LogP contribution in [0.25, 0.3) is 0 Å². The Kier molecular flexibility index (Phi) is 4.89. The van der Waals surface area contributed by atoms with Crippen LogP contribution in [-0.2, 0) is 15.2 Å². The number of cyclic esters (lactones) is 1. The third kappa shape index (κ3) is 3.73. The lowest BCUT2D eigenvalue weighted by Gasteiger charge is -2.31. The number of carbonyl (C=O) groups excluding carboxylic acids is 2. The van der Waals surface area contributed by atoms with E-state index in [0.717, 1.165) is 0 Å². The Labute approximate surface area is 144 Å². The summed E-state index contributed by atoms with van der Waals surface area (Å²) in [4.78, 5) is 24.2. The van der Waals surface area contributed by atoms with Crippen LogP contribution < -0.4 is 15.5 Å². The topological polar surface area (TPSA) is 70.7 Å². The zero-order valence-corrected chi connectivity index (χ0v) is 14.0. The van der Waals surface area contributed by atoms with Gasteiger partial charge >= 0.3 is 6.09 Å². The second-order valence-corrected chi connectivity index (χ2v) is 6.43. The molecule has 0 aromatic heterocycles. The Morgan fingerprint density at radius 1 is 1.44 bits per heavy atom. The van der Waals surface area contributed by atoms with Crippen molar-refractivity contribution in [3.63, 3.8) is 0 Å². The molecule has 2 aliphatic rings. The monoisotopic (exact) mass is 353 g/mol. The molecule has 0 radical (unpaired) electrons. The highest BCUT2D eigenvalue weighted by Crippen LogP contribution is 2.38. The molecule has 2 saturated heterocycles. The maximum absolute atomic E-state index is 15.0. The number of benzene rings is 1. The third-order valence-corrected chi connectivity index (χ3v) is 4.60. The Morgan fingerprint density at radius 3 is 2.80 bits per heavy atom. The molecule has 1 unspecified atom stereocenters. The Bertz CT molecular complexity index is 677. The number of hydrogen-bond acceptors (Lipinski definition) is 4. The van der Waals surface area contributed by atoms with Gasteiger partial charge in [-0.25, -0.2) is 13.6 Å². The molecule has 2 aliphatic heterocycles. The maximum atomic E-state index is 15.0. The van der Waals surface area contributed by atoms with Gasteiger partial charge in [0.15, 0.2) is 0 Å². The predicted molar refractivity (Wildman–Crippen MR) is 87.6 cm³/mol. The molecule has 2 amide bonds. The molecule has 2 N–H and O–H groups in total. The second kappa shape index (κ2) is 6.95. The van der Waals surface area contributed by atoms with Crippen LogP contribution in [0.2, 0.25) is 0 Å². The van der Waals surface area contributed by atoms with E-state index in [0.29, 0.717) is 18.8 Å². The number of carbonyl (C=O) groups is 2. The lowest BCUT2D eigenvalue weighted by molar-refractivity contribution is -0.119. The first kappa shape index (κ1) is 17.6. The van der Waals surface area contributed by atoms with Crippen molar-refractivity contribution in [2.75, 3.05) is 31.1 Å². The summed E-state index contributed by atoms with van der Waals surface area (Å²) in [6.45, 7) is 2.76. The summed E-state index contributed by atoms with van der Waals surface area (Å²) >= 11 is 0. The van der Waals surface area contributed by atoms with Gasteiger partial charge in [-0.2, -0.15) is 0 Å². The molecule has 25 heavy (non-hydrogen) atoms. The summed E-state index contributed by atoms with van der Waals surface area (Å²) in [5, 5.41) is 5.63. The molecule has 1 aromatic carbocycles. The van der Waals surface area contributed by atoms with Gasteiger partial charge < -0.3 is 15.4 Å². The number of nitrogens with zero attached hydrogens (tertiary/aromatic N) is 1. The number of nitrogens with one attached hydrogen (secondary N) is 2. The minimum absolute atomic E-state index is 0.0279. The standard InChI is InChI=1S/C17H21F2N3O3/c1-11(23)21-9-13-10-22(16(24)25-13)12-2-3-14(15(18)8-12)17(19)4-6-20-7-5-17/h2-3,8,13,20H,4-7,9-10H2,1H3,(H,21,23). The van der Waals surface area contributed by atoms with Crippen molar-refractivity contribution in [3.8, 4) is 0 Å². The lowest BCUT2D eigenvalue weighted by Crippen LogP contribution is -2.37. The summed E-state index contributed by atoms with van der Waals surface area (Å²) < 4.78 is 34.6. The number of piperidine rings is 1. The normalized spacial score (nSPS) is 22.6. The van der Waals surface area contributed by atoms with Crippen molar-refractivity contribution in [1.82, 2.24) is 10.6 Å². The number of rotatable bonds is 4. The van der Waals surface area contributed by atoms with Gasteiger partial charge in [0.2, 0.25) is 5.91 Å². The molecule has 136 valence electrons. The van der Waals surface area contributed by atoms with Crippen molar-refractivity contribution in [2.45, 2.75) is 31.5 Å². The molecule has 0 aliphatic carbocycles. The molecule has 3 rings (SSSR count). The Balaban J connectivity index is 1.74. The first-order chi connectivity index (χ1) is 11.9. The second-order valence-electron chi connectivity index (χ2n) is 6.43. The third-order valence-electron chi connectivity index (χ3n) is 4.60. The van der Waals surface area contributed by atoms with E-state index in [4.69, 9.17) is 4.74 Å². The molecule has 1 aromatic rings. The van der Waals surface area contributed by atoms with Crippen LogP contribution in [0, 0.1) is 5.82 Å². The van der Waals surface area contributed by atoms with Crippen LogP contribution in [0.4, 0.5) is 19.3 Å². The highest BCUT2D eigenvalue weighted by Gasteiger charge is 2.37. The maximum Gasteiger partial charge on any atom is 0.414 e. The molecule has 2 heterocycles. The fourth-order valence-corrected chi connectivity index (χ4v) is 3.22. The van der Waals surface area contributed by atoms with E-state index < -0.39 is 23.7 Å². The number of anilines is 1.